The summed E-state index contributed by atoms with van der Waals surface area (Å²) in [5, 5.41) is 4.20. The van der Waals surface area contributed by atoms with Gasteiger partial charge in [0.1, 0.15) is 0 Å². The molecule has 1 aliphatic heterocycles. The third kappa shape index (κ3) is 3.70. The lowest BCUT2D eigenvalue weighted by molar-refractivity contribution is 0.133. The second-order valence-electron chi connectivity index (χ2n) is 8.74. The van der Waals surface area contributed by atoms with Gasteiger partial charge in [0, 0.05) is 38.7 Å². The molecule has 0 saturated carbocycles. The lowest BCUT2D eigenvalue weighted by Crippen LogP contribution is -2.45. The molecule has 1 atom stereocenters. The number of rotatable bonds is 5. The van der Waals surface area contributed by atoms with Crippen LogP contribution in [0.1, 0.15) is 56.1 Å². The minimum absolute atomic E-state index is 0.145. The summed E-state index contributed by atoms with van der Waals surface area (Å²) in [6.07, 6.45) is 7.49. The Morgan fingerprint density at radius 2 is 2.11 bits per heavy atom. The summed E-state index contributed by atoms with van der Waals surface area (Å²) in [4.78, 5) is 18.5. The average molecular weight is 371 g/mol. The molecule has 0 radical (unpaired) electrons. The van der Waals surface area contributed by atoms with Gasteiger partial charge in [-0.3, -0.25) is 4.90 Å². The average Bonchev–Trinajstić information content (AvgIpc) is 3.19. The van der Waals surface area contributed by atoms with Crippen LogP contribution in [-0.2, 0) is 24.8 Å². The van der Waals surface area contributed by atoms with Crippen LogP contribution in [0.25, 0.3) is 0 Å². The Balaban J connectivity index is 1.51. The molecule has 0 bridgehead atoms. The van der Waals surface area contributed by atoms with Crippen LogP contribution in [0, 0.1) is 5.92 Å². The van der Waals surface area contributed by atoms with E-state index >= 15 is 0 Å². The minimum atomic E-state index is 0.145. The van der Waals surface area contributed by atoms with Gasteiger partial charge in [-0.05, 0) is 43.7 Å². The van der Waals surface area contributed by atoms with E-state index in [0.29, 0.717) is 5.92 Å². The molecule has 1 fully saturated rings. The highest BCUT2D eigenvalue weighted by atomic mass is 16.5. The summed E-state index contributed by atoms with van der Waals surface area (Å²) < 4.78 is 5.42. The molecule has 0 amide bonds. The van der Waals surface area contributed by atoms with Crippen LogP contribution in [-0.4, -0.2) is 52.2 Å². The van der Waals surface area contributed by atoms with Gasteiger partial charge >= 0.3 is 0 Å². The summed E-state index contributed by atoms with van der Waals surface area (Å²) in [5.74, 6) is 2.89. The van der Waals surface area contributed by atoms with Gasteiger partial charge in [0.25, 0.3) is 0 Å². The summed E-state index contributed by atoms with van der Waals surface area (Å²) in [6.45, 7) is 7.18. The SMILES string of the molecule is CC(C)Cc1nc(CN2CCCC3(CCc4cnc(N(C)C)nc43)C2)no1. The number of anilines is 1. The van der Waals surface area contributed by atoms with Crippen molar-refractivity contribution in [2.75, 3.05) is 32.1 Å². The maximum absolute atomic E-state index is 5.42. The van der Waals surface area contributed by atoms with Crippen LogP contribution in [0.5, 0.6) is 0 Å². The molecule has 2 aromatic heterocycles. The first-order valence-electron chi connectivity index (χ1n) is 10.0. The molecular formula is C20H30N6O. The Labute approximate surface area is 161 Å². The van der Waals surface area contributed by atoms with Gasteiger partial charge in [-0.25, -0.2) is 9.97 Å². The maximum Gasteiger partial charge on any atom is 0.226 e. The Morgan fingerprint density at radius 1 is 1.26 bits per heavy atom. The summed E-state index contributed by atoms with van der Waals surface area (Å²) >= 11 is 0. The van der Waals surface area contributed by atoms with E-state index in [1.165, 1.54) is 24.1 Å². The number of likely N-dealkylation sites (tertiary alicyclic amines) is 1. The highest BCUT2D eigenvalue weighted by molar-refractivity contribution is 5.39. The van der Waals surface area contributed by atoms with Crippen molar-refractivity contribution >= 4 is 5.95 Å². The molecule has 3 heterocycles. The van der Waals surface area contributed by atoms with E-state index < -0.39 is 0 Å². The summed E-state index contributed by atoms with van der Waals surface area (Å²) in [7, 11) is 4.00. The molecule has 1 unspecified atom stereocenters. The lowest BCUT2D eigenvalue weighted by Gasteiger charge is -2.40. The van der Waals surface area contributed by atoms with Gasteiger partial charge < -0.3 is 9.42 Å². The number of fused-ring (bicyclic) bond motifs is 2. The molecule has 7 heteroatoms. The van der Waals surface area contributed by atoms with Crippen LogP contribution in [0.3, 0.4) is 0 Å². The second-order valence-corrected chi connectivity index (χ2v) is 8.74. The number of nitrogens with zero attached hydrogens (tertiary/aromatic N) is 6. The molecule has 1 aliphatic carbocycles. The van der Waals surface area contributed by atoms with Crippen LogP contribution in [0.15, 0.2) is 10.7 Å². The number of hydrogen-bond donors (Lipinski definition) is 0. The maximum atomic E-state index is 5.42. The first kappa shape index (κ1) is 18.3. The first-order chi connectivity index (χ1) is 12.9. The Hall–Kier alpha value is -2.02. The third-order valence-electron chi connectivity index (χ3n) is 5.74. The van der Waals surface area contributed by atoms with E-state index in [4.69, 9.17) is 9.51 Å². The van der Waals surface area contributed by atoms with Crippen LogP contribution in [0.2, 0.25) is 0 Å². The van der Waals surface area contributed by atoms with Crippen molar-refractivity contribution in [3.05, 3.63) is 29.2 Å². The summed E-state index contributed by atoms with van der Waals surface area (Å²) in [6, 6.07) is 0. The van der Waals surface area contributed by atoms with Crippen LogP contribution < -0.4 is 4.90 Å². The van der Waals surface area contributed by atoms with E-state index in [0.717, 1.165) is 56.6 Å². The zero-order valence-electron chi connectivity index (χ0n) is 16.9. The van der Waals surface area contributed by atoms with E-state index in [-0.39, 0.29) is 5.41 Å². The lowest BCUT2D eigenvalue weighted by atomic mass is 9.77. The highest BCUT2D eigenvalue weighted by Crippen LogP contribution is 2.44. The fourth-order valence-electron chi connectivity index (χ4n) is 4.49. The number of aryl methyl sites for hydroxylation is 1. The second kappa shape index (κ2) is 7.19. The van der Waals surface area contributed by atoms with Crippen molar-refractivity contribution in [1.29, 1.82) is 0 Å². The molecule has 2 aromatic rings. The zero-order valence-corrected chi connectivity index (χ0v) is 16.9. The number of aromatic nitrogens is 4. The quantitative estimate of drug-likeness (QED) is 0.801. The smallest absolute Gasteiger partial charge is 0.226 e. The van der Waals surface area contributed by atoms with Gasteiger partial charge in [-0.2, -0.15) is 4.98 Å². The van der Waals surface area contributed by atoms with Gasteiger partial charge in [0.2, 0.25) is 11.8 Å². The van der Waals surface area contributed by atoms with Gasteiger partial charge in [0.05, 0.1) is 12.2 Å². The highest BCUT2D eigenvalue weighted by Gasteiger charge is 2.44. The van der Waals surface area contributed by atoms with E-state index in [1.54, 1.807) is 0 Å². The molecule has 7 nitrogen and oxygen atoms in total. The predicted molar refractivity (Wildman–Crippen MR) is 104 cm³/mol. The minimum Gasteiger partial charge on any atom is -0.347 e. The monoisotopic (exact) mass is 370 g/mol. The van der Waals surface area contributed by atoms with Crippen molar-refractivity contribution in [3.63, 3.8) is 0 Å². The fourth-order valence-corrected chi connectivity index (χ4v) is 4.49. The van der Waals surface area contributed by atoms with Gasteiger partial charge in [-0.15, -0.1) is 0 Å². The first-order valence-corrected chi connectivity index (χ1v) is 10.0. The Kier molecular flexibility index (Phi) is 4.88. The molecule has 1 spiro atoms. The molecular weight excluding hydrogens is 340 g/mol. The zero-order chi connectivity index (χ0) is 19.0. The normalized spacial score (nSPS) is 22.6. The third-order valence-corrected chi connectivity index (χ3v) is 5.74. The van der Waals surface area contributed by atoms with Crippen molar-refractivity contribution in [3.8, 4) is 0 Å². The topological polar surface area (TPSA) is 71.2 Å². The predicted octanol–water partition coefficient (Wildman–Crippen LogP) is 2.60. The molecule has 2 aliphatic rings. The molecule has 1 saturated heterocycles. The molecule has 0 aromatic carbocycles. The molecule has 27 heavy (non-hydrogen) atoms. The van der Waals surface area contributed by atoms with Crippen molar-refractivity contribution in [2.45, 2.75) is 57.9 Å². The number of piperidine rings is 1. The van der Waals surface area contributed by atoms with Crippen molar-refractivity contribution < 1.29 is 4.52 Å². The van der Waals surface area contributed by atoms with Crippen LogP contribution >= 0.6 is 0 Å². The molecule has 4 rings (SSSR count). The van der Waals surface area contributed by atoms with E-state index in [9.17, 15) is 0 Å². The Morgan fingerprint density at radius 3 is 2.89 bits per heavy atom. The summed E-state index contributed by atoms with van der Waals surface area (Å²) in [5.41, 5.74) is 2.73. The van der Waals surface area contributed by atoms with E-state index in [2.05, 4.69) is 33.9 Å². The molecule has 0 N–H and O–H groups in total. The standard InChI is InChI=1S/C20H30N6O/c1-14(2)10-17-22-16(24-27-17)12-26-9-5-7-20(13-26)8-6-15-11-21-19(25(3)4)23-18(15)20/h11,14H,5-10,12-13H2,1-4H3. The Bertz CT molecular complexity index is 798. The number of hydrogen-bond acceptors (Lipinski definition) is 7. The fraction of sp³-hybridized carbons (Fsp3) is 0.700. The van der Waals surface area contributed by atoms with Crippen molar-refractivity contribution in [1.82, 2.24) is 25.0 Å². The molecule has 146 valence electrons. The largest absolute Gasteiger partial charge is 0.347 e. The van der Waals surface area contributed by atoms with Crippen molar-refractivity contribution in [2.24, 2.45) is 5.92 Å². The van der Waals surface area contributed by atoms with Crippen LogP contribution in [0.4, 0.5) is 5.95 Å². The van der Waals surface area contributed by atoms with Gasteiger partial charge in [0.15, 0.2) is 5.82 Å². The van der Waals surface area contributed by atoms with Gasteiger partial charge in [-0.1, -0.05) is 19.0 Å². The van der Waals surface area contributed by atoms with E-state index in [1.807, 2.05) is 25.2 Å².